The van der Waals surface area contributed by atoms with Gasteiger partial charge in [0.25, 0.3) is 0 Å². The maximum absolute atomic E-state index is 12.0. The van der Waals surface area contributed by atoms with Crippen molar-refractivity contribution in [3.05, 3.63) is 29.3 Å². The predicted molar refractivity (Wildman–Crippen MR) is 74.2 cm³/mol. The summed E-state index contributed by atoms with van der Waals surface area (Å²) in [5.74, 6) is 0.0240. The number of nitrogens with zero attached hydrogens (tertiary/aromatic N) is 1. The van der Waals surface area contributed by atoms with Crippen LogP contribution >= 0.6 is 11.6 Å². The van der Waals surface area contributed by atoms with Crippen LogP contribution in [0.15, 0.2) is 24.3 Å². The van der Waals surface area contributed by atoms with Gasteiger partial charge in [-0.3, -0.25) is 4.79 Å². The van der Waals surface area contributed by atoms with Crippen LogP contribution < -0.4 is 10.2 Å². The Kier molecular flexibility index (Phi) is 6.72. The minimum atomic E-state index is 0.0240. The highest BCUT2D eigenvalue weighted by Gasteiger charge is 2.13. The molecule has 0 saturated heterocycles. The fraction of sp³-hybridized carbons (Fsp3) is 0.462. The van der Waals surface area contributed by atoms with Crippen LogP contribution in [0.2, 0.25) is 5.02 Å². The summed E-state index contributed by atoms with van der Waals surface area (Å²) in [6.45, 7) is 4.11. The Labute approximate surface area is 113 Å². The molecule has 0 heterocycles. The highest BCUT2D eigenvalue weighted by molar-refractivity contribution is 6.30. The van der Waals surface area contributed by atoms with Crippen molar-refractivity contribution >= 4 is 23.2 Å². The van der Waals surface area contributed by atoms with Crippen LogP contribution in [0.25, 0.3) is 0 Å². The number of rotatable bonds is 7. The standard InChI is InChI=1S/C13H19ClN2O2/c1-3-16(12-6-4-5-11(14)9-12)13(17)10-15-7-8-18-2/h4-6,9,15H,3,7-8,10H2,1-2H3. The number of nitrogens with one attached hydrogen (secondary N) is 1. The van der Waals surface area contributed by atoms with Crippen molar-refractivity contribution in [2.24, 2.45) is 0 Å². The topological polar surface area (TPSA) is 41.6 Å². The molecule has 5 heteroatoms. The van der Waals surface area contributed by atoms with Gasteiger partial charge in [-0.05, 0) is 25.1 Å². The van der Waals surface area contributed by atoms with Gasteiger partial charge in [-0.1, -0.05) is 17.7 Å². The molecule has 1 N–H and O–H groups in total. The third kappa shape index (κ3) is 4.64. The SMILES string of the molecule is CCN(C(=O)CNCCOC)c1cccc(Cl)c1. The third-order valence-electron chi connectivity index (χ3n) is 2.50. The van der Waals surface area contributed by atoms with E-state index in [9.17, 15) is 4.79 Å². The van der Waals surface area contributed by atoms with Gasteiger partial charge in [-0.25, -0.2) is 0 Å². The van der Waals surface area contributed by atoms with Crippen molar-refractivity contribution in [3.63, 3.8) is 0 Å². The van der Waals surface area contributed by atoms with Crippen molar-refractivity contribution in [1.82, 2.24) is 5.32 Å². The molecular formula is C13H19ClN2O2. The number of halogens is 1. The summed E-state index contributed by atoms with van der Waals surface area (Å²) >= 11 is 5.93. The number of likely N-dealkylation sites (N-methyl/N-ethyl adjacent to an activating group) is 1. The molecule has 0 spiro atoms. The minimum absolute atomic E-state index is 0.0240. The lowest BCUT2D eigenvalue weighted by atomic mass is 10.3. The molecule has 0 radical (unpaired) electrons. The lowest BCUT2D eigenvalue weighted by molar-refractivity contribution is -0.117. The number of ether oxygens (including phenoxy) is 1. The Hall–Kier alpha value is -1.10. The van der Waals surface area contributed by atoms with E-state index in [1.54, 1.807) is 24.1 Å². The van der Waals surface area contributed by atoms with E-state index in [2.05, 4.69) is 5.32 Å². The van der Waals surface area contributed by atoms with Crippen LogP contribution in [-0.2, 0) is 9.53 Å². The Morgan fingerprint density at radius 1 is 1.50 bits per heavy atom. The Bertz CT molecular complexity index is 385. The fourth-order valence-corrected chi connectivity index (χ4v) is 1.80. The Balaban J connectivity index is 2.57. The molecule has 1 aromatic carbocycles. The van der Waals surface area contributed by atoms with Gasteiger partial charge in [-0.2, -0.15) is 0 Å². The molecule has 0 unspecified atom stereocenters. The van der Waals surface area contributed by atoms with E-state index in [4.69, 9.17) is 16.3 Å². The van der Waals surface area contributed by atoms with Gasteiger partial charge in [0.2, 0.25) is 5.91 Å². The number of methoxy groups -OCH3 is 1. The number of carbonyl (C=O) groups is 1. The van der Waals surface area contributed by atoms with Gasteiger partial charge in [0, 0.05) is 30.9 Å². The normalized spacial score (nSPS) is 10.4. The van der Waals surface area contributed by atoms with Crippen molar-refractivity contribution in [3.8, 4) is 0 Å². The lowest BCUT2D eigenvalue weighted by Crippen LogP contribution is -2.39. The zero-order chi connectivity index (χ0) is 13.4. The van der Waals surface area contributed by atoms with Crippen molar-refractivity contribution < 1.29 is 9.53 Å². The summed E-state index contributed by atoms with van der Waals surface area (Å²) in [4.78, 5) is 13.7. The van der Waals surface area contributed by atoms with Crippen molar-refractivity contribution in [1.29, 1.82) is 0 Å². The first-order valence-electron chi connectivity index (χ1n) is 5.94. The van der Waals surface area contributed by atoms with E-state index >= 15 is 0 Å². The van der Waals surface area contributed by atoms with Gasteiger partial charge < -0.3 is 15.0 Å². The summed E-state index contributed by atoms with van der Waals surface area (Å²) < 4.78 is 4.91. The van der Waals surface area contributed by atoms with Crippen LogP contribution in [0.4, 0.5) is 5.69 Å². The molecular weight excluding hydrogens is 252 g/mol. The maximum atomic E-state index is 12.0. The van der Waals surface area contributed by atoms with E-state index in [1.807, 2.05) is 19.1 Å². The number of benzene rings is 1. The predicted octanol–water partition coefficient (Wildman–Crippen LogP) is 1.93. The molecule has 0 saturated carbocycles. The second kappa shape index (κ2) is 8.08. The van der Waals surface area contributed by atoms with E-state index in [0.717, 1.165) is 5.69 Å². The fourth-order valence-electron chi connectivity index (χ4n) is 1.61. The zero-order valence-corrected chi connectivity index (χ0v) is 11.5. The quantitative estimate of drug-likeness (QED) is 0.770. The van der Waals surface area contributed by atoms with Crippen LogP contribution in [-0.4, -0.2) is 39.3 Å². The molecule has 0 atom stereocenters. The van der Waals surface area contributed by atoms with Crippen LogP contribution in [0, 0.1) is 0 Å². The summed E-state index contributed by atoms with van der Waals surface area (Å²) in [5, 5.41) is 3.67. The zero-order valence-electron chi connectivity index (χ0n) is 10.8. The first kappa shape index (κ1) is 15.0. The molecule has 1 amide bonds. The molecule has 0 fully saturated rings. The summed E-state index contributed by atoms with van der Waals surface area (Å²) in [6, 6.07) is 7.30. The van der Waals surface area contributed by atoms with E-state index in [1.165, 1.54) is 0 Å². The average Bonchev–Trinajstić information content (AvgIpc) is 2.36. The van der Waals surface area contributed by atoms with E-state index < -0.39 is 0 Å². The highest BCUT2D eigenvalue weighted by Crippen LogP contribution is 2.19. The second-order valence-electron chi connectivity index (χ2n) is 3.79. The molecule has 0 aliphatic rings. The van der Waals surface area contributed by atoms with E-state index in [-0.39, 0.29) is 5.91 Å². The molecule has 100 valence electrons. The van der Waals surface area contributed by atoms with Gasteiger partial charge in [0.15, 0.2) is 0 Å². The molecule has 0 aromatic heterocycles. The largest absolute Gasteiger partial charge is 0.383 e. The molecule has 4 nitrogen and oxygen atoms in total. The molecule has 0 aliphatic heterocycles. The highest BCUT2D eigenvalue weighted by atomic mass is 35.5. The summed E-state index contributed by atoms with van der Waals surface area (Å²) in [5.41, 5.74) is 0.823. The Morgan fingerprint density at radius 3 is 2.89 bits per heavy atom. The lowest BCUT2D eigenvalue weighted by Gasteiger charge is -2.21. The first-order valence-corrected chi connectivity index (χ1v) is 6.32. The monoisotopic (exact) mass is 270 g/mol. The first-order chi connectivity index (χ1) is 8.69. The smallest absolute Gasteiger partial charge is 0.240 e. The number of amides is 1. The maximum Gasteiger partial charge on any atom is 0.240 e. The Morgan fingerprint density at radius 2 is 2.28 bits per heavy atom. The molecule has 0 aliphatic carbocycles. The molecule has 18 heavy (non-hydrogen) atoms. The van der Waals surface area contributed by atoms with Crippen LogP contribution in [0.1, 0.15) is 6.92 Å². The van der Waals surface area contributed by atoms with Gasteiger partial charge >= 0.3 is 0 Å². The number of hydrogen-bond donors (Lipinski definition) is 1. The third-order valence-corrected chi connectivity index (χ3v) is 2.73. The number of anilines is 1. The van der Waals surface area contributed by atoms with E-state index in [0.29, 0.717) is 31.3 Å². The molecule has 0 bridgehead atoms. The van der Waals surface area contributed by atoms with Crippen LogP contribution in [0.5, 0.6) is 0 Å². The number of hydrogen-bond acceptors (Lipinski definition) is 3. The van der Waals surface area contributed by atoms with Gasteiger partial charge in [0.1, 0.15) is 0 Å². The van der Waals surface area contributed by atoms with Crippen LogP contribution in [0.3, 0.4) is 0 Å². The molecule has 1 aromatic rings. The average molecular weight is 271 g/mol. The van der Waals surface area contributed by atoms with Gasteiger partial charge in [-0.15, -0.1) is 0 Å². The summed E-state index contributed by atoms with van der Waals surface area (Å²) in [6.07, 6.45) is 0. The van der Waals surface area contributed by atoms with Crippen molar-refractivity contribution in [2.45, 2.75) is 6.92 Å². The number of carbonyl (C=O) groups excluding carboxylic acids is 1. The molecule has 1 rings (SSSR count). The summed E-state index contributed by atoms with van der Waals surface area (Å²) in [7, 11) is 1.63. The van der Waals surface area contributed by atoms with Gasteiger partial charge in [0.05, 0.1) is 13.2 Å². The second-order valence-corrected chi connectivity index (χ2v) is 4.22. The minimum Gasteiger partial charge on any atom is -0.383 e. The van der Waals surface area contributed by atoms with Crippen molar-refractivity contribution in [2.75, 3.05) is 38.3 Å².